The summed E-state index contributed by atoms with van der Waals surface area (Å²) in [5.74, 6) is 7.13. The van der Waals surface area contributed by atoms with Crippen molar-refractivity contribution in [2.24, 2.45) is 0 Å². The van der Waals surface area contributed by atoms with E-state index in [2.05, 4.69) is 33.4 Å². The van der Waals surface area contributed by atoms with Crippen LogP contribution in [-0.4, -0.2) is 29.5 Å². The molecule has 33 heavy (non-hydrogen) atoms. The van der Waals surface area contributed by atoms with Crippen molar-refractivity contribution < 1.29 is 14.3 Å². The second-order valence-corrected chi connectivity index (χ2v) is 8.46. The lowest BCUT2D eigenvalue weighted by Crippen LogP contribution is -2.21. The summed E-state index contributed by atoms with van der Waals surface area (Å²) in [4.78, 5) is 23.7. The third kappa shape index (κ3) is 2.94. The minimum absolute atomic E-state index is 0.0463. The zero-order chi connectivity index (χ0) is 22.6. The third-order valence-electron chi connectivity index (χ3n) is 6.68. The van der Waals surface area contributed by atoms with Gasteiger partial charge < -0.3 is 10.1 Å². The molecule has 6 heteroatoms. The second-order valence-electron chi connectivity index (χ2n) is 8.46. The van der Waals surface area contributed by atoms with Crippen LogP contribution in [0.3, 0.4) is 0 Å². The molecule has 1 fully saturated rings. The minimum Gasteiger partial charge on any atom is -0.497 e. The molecule has 3 aromatic carbocycles. The van der Waals surface area contributed by atoms with Gasteiger partial charge in [0.1, 0.15) is 17.7 Å². The first-order valence-corrected chi connectivity index (χ1v) is 10.7. The fraction of sp³-hybridized carbons (Fsp3) is 0.148. The Balaban J connectivity index is 1.31. The van der Waals surface area contributed by atoms with Crippen molar-refractivity contribution in [2.45, 2.75) is 17.8 Å². The monoisotopic (exact) mass is 433 g/mol. The van der Waals surface area contributed by atoms with E-state index in [4.69, 9.17) is 4.74 Å². The van der Waals surface area contributed by atoms with Crippen LogP contribution in [-0.2, 0) is 10.2 Å². The number of carbonyl (C=O) groups excluding carboxylic acids is 2. The van der Waals surface area contributed by atoms with Crippen LogP contribution in [0.5, 0.6) is 5.75 Å². The first kappa shape index (κ1) is 19.3. The van der Waals surface area contributed by atoms with Crippen molar-refractivity contribution in [1.82, 2.24) is 10.2 Å². The summed E-state index contributed by atoms with van der Waals surface area (Å²) < 4.78 is 5.38. The molecule has 1 aliphatic carbocycles. The molecular weight excluding hydrogens is 414 g/mol. The molecule has 0 radical (unpaired) electrons. The van der Waals surface area contributed by atoms with Gasteiger partial charge >= 0.3 is 0 Å². The van der Waals surface area contributed by atoms with E-state index in [1.807, 2.05) is 42.5 Å². The summed E-state index contributed by atoms with van der Waals surface area (Å²) >= 11 is 0. The molecule has 2 aliphatic rings. The molecule has 1 spiro atoms. The van der Waals surface area contributed by atoms with Crippen LogP contribution >= 0.6 is 0 Å². The molecule has 1 amide bonds. The largest absolute Gasteiger partial charge is 0.497 e. The summed E-state index contributed by atoms with van der Waals surface area (Å²) in [7, 11) is 1.63. The Hall–Kier alpha value is -4.37. The Morgan fingerprint density at radius 1 is 1.09 bits per heavy atom. The standard InChI is InChI=1S/C27H19N3O3/c1-33-19-8-11-24-21(13-19)27(26(32)28-24)14-22(27)18-7-9-20-23(29-30-25(20)12-18)10-6-16-2-4-17(15-31)5-3-16/h2-5,7-9,11-13,15,22H,14H2,1H3,(H,28,32)(H,29,30). The first-order chi connectivity index (χ1) is 16.1. The van der Waals surface area contributed by atoms with Crippen LogP contribution in [0.2, 0.25) is 0 Å². The molecule has 1 aromatic heterocycles. The van der Waals surface area contributed by atoms with Gasteiger partial charge in [0.05, 0.1) is 18.0 Å². The molecule has 2 heterocycles. The van der Waals surface area contributed by atoms with Gasteiger partial charge in [-0.25, -0.2) is 0 Å². The highest BCUT2D eigenvalue weighted by atomic mass is 16.5. The van der Waals surface area contributed by atoms with Crippen molar-refractivity contribution in [2.75, 3.05) is 12.4 Å². The van der Waals surface area contributed by atoms with Gasteiger partial charge in [-0.2, -0.15) is 5.10 Å². The number of amides is 1. The van der Waals surface area contributed by atoms with Crippen molar-refractivity contribution in [3.8, 4) is 17.6 Å². The number of methoxy groups -OCH3 is 1. The van der Waals surface area contributed by atoms with E-state index in [9.17, 15) is 9.59 Å². The summed E-state index contributed by atoms with van der Waals surface area (Å²) in [5.41, 5.74) is 5.41. The number of H-pyrrole nitrogens is 1. The minimum atomic E-state index is -0.538. The molecule has 160 valence electrons. The van der Waals surface area contributed by atoms with Crippen LogP contribution in [0.4, 0.5) is 5.69 Å². The molecule has 0 bridgehead atoms. The predicted molar refractivity (Wildman–Crippen MR) is 125 cm³/mol. The number of aromatic amines is 1. The normalized spacial score (nSPS) is 20.2. The fourth-order valence-electron chi connectivity index (χ4n) is 4.82. The number of hydrogen-bond acceptors (Lipinski definition) is 4. The molecule has 1 saturated carbocycles. The highest BCUT2D eigenvalue weighted by Crippen LogP contribution is 2.65. The van der Waals surface area contributed by atoms with E-state index in [0.717, 1.165) is 57.4 Å². The number of aromatic nitrogens is 2. The number of hydrogen-bond donors (Lipinski definition) is 2. The second kappa shape index (κ2) is 7.07. The topological polar surface area (TPSA) is 84.1 Å². The number of nitrogens with one attached hydrogen (secondary N) is 2. The van der Waals surface area contributed by atoms with E-state index in [1.165, 1.54) is 0 Å². The van der Waals surface area contributed by atoms with Gasteiger partial charge in [0.15, 0.2) is 0 Å². The zero-order valence-corrected chi connectivity index (χ0v) is 17.8. The lowest BCUT2D eigenvalue weighted by Gasteiger charge is -2.10. The number of nitrogens with zero attached hydrogens (tertiary/aromatic N) is 1. The van der Waals surface area contributed by atoms with E-state index >= 15 is 0 Å². The Morgan fingerprint density at radius 3 is 2.73 bits per heavy atom. The number of ether oxygens (including phenoxy) is 1. The number of rotatable bonds is 3. The van der Waals surface area contributed by atoms with Crippen LogP contribution in [0, 0.1) is 11.8 Å². The lowest BCUT2D eigenvalue weighted by molar-refractivity contribution is -0.118. The van der Waals surface area contributed by atoms with Gasteiger partial charge in [-0.3, -0.25) is 14.7 Å². The van der Waals surface area contributed by atoms with Gasteiger partial charge in [-0.05, 0) is 65.9 Å². The maximum atomic E-state index is 12.9. The third-order valence-corrected chi connectivity index (χ3v) is 6.68. The summed E-state index contributed by atoms with van der Waals surface area (Å²) in [6.45, 7) is 0. The Labute approximate surface area is 190 Å². The highest BCUT2D eigenvalue weighted by Gasteiger charge is 2.65. The smallest absolute Gasteiger partial charge is 0.235 e. The molecule has 2 atom stereocenters. The van der Waals surface area contributed by atoms with E-state index in [0.29, 0.717) is 5.56 Å². The fourth-order valence-corrected chi connectivity index (χ4v) is 4.82. The van der Waals surface area contributed by atoms with Crippen LogP contribution < -0.4 is 10.1 Å². The van der Waals surface area contributed by atoms with Crippen LogP contribution in [0.25, 0.3) is 10.9 Å². The molecule has 1 aliphatic heterocycles. The van der Waals surface area contributed by atoms with Crippen molar-refractivity contribution >= 4 is 28.8 Å². The van der Waals surface area contributed by atoms with Crippen molar-refractivity contribution in [3.63, 3.8) is 0 Å². The van der Waals surface area contributed by atoms with Gasteiger partial charge in [0, 0.05) is 28.1 Å². The maximum absolute atomic E-state index is 12.9. The molecule has 6 rings (SSSR count). The van der Waals surface area contributed by atoms with E-state index in [-0.39, 0.29) is 11.8 Å². The number of benzene rings is 3. The van der Waals surface area contributed by atoms with Gasteiger partial charge in [-0.1, -0.05) is 24.1 Å². The van der Waals surface area contributed by atoms with E-state index in [1.54, 1.807) is 19.2 Å². The summed E-state index contributed by atoms with van der Waals surface area (Å²) in [6, 6.07) is 19.0. The van der Waals surface area contributed by atoms with Crippen molar-refractivity contribution in [3.05, 3.63) is 88.6 Å². The maximum Gasteiger partial charge on any atom is 0.235 e. The molecule has 6 nitrogen and oxygen atoms in total. The predicted octanol–water partition coefficient (Wildman–Crippen LogP) is 4.16. The molecule has 2 N–H and O–H groups in total. The molecule has 0 saturated heterocycles. The quantitative estimate of drug-likeness (QED) is 0.375. The lowest BCUT2D eigenvalue weighted by atomic mass is 9.91. The zero-order valence-electron chi connectivity index (χ0n) is 17.8. The number of fused-ring (bicyclic) bond motifs is 3. The summed E-state index contributed by atoms with van der Waals surface area (Å²) in [5, 5.41) is 11.4. The Morgan fingerprint density at radius 2 is 1.94 bits per heavy atom. The SMILES string of the molecule is COc1ccc2c(c1)C1(CC1c1ccc3c(C#Cc4ccc(C=O)cc4)[nH]nc3c1)C(=O)N2. The van der Waals surface area contributed by atoms with E-state index < -0.39 is 5.41 Å². The highest BCUT2D eigenvalue weighted by molar-refractivity contribution is 6.10. The molecule has 4 aromatic rings. The van der Waals surface area contributed by atoms with Gasteiger partial charge in [0.2, 0.25) is 5.91 Å². The van der Waals surface area contributed by atoms with Gasteiger partial charge in [0.25, 0.3) is 0 Å². The Bertz CT molecular complexity index is 1510. The number of carbonyl (C=O) groups is 2. The average Bonchev–Trinajstić information content (AvgIpc) is 3.39. The average molecular weight is 433 g/mol. The summed E-state index contributed by atoms with van der Waals surface area (Å²) in [6.07, 6.45) is 1.57. The number of aldehydes is 1. The molecular formula is C27H19N3O3. The molecule has 2 unspecified atom stereocenters. The Kier molecular flexibility index (Phi) is 4.14. The van der Waals surface area contributed by atoms with Gasteiger partial charge in [-0.15, -0.1) is 0 Å². The van der Waals surface area contributed by atoms with Crippen LogP contribution in [0.1, 0.15) is 45.1 Å². The first-order valence-electron chi connectivity index (χ1n) is 10.7. The number of anilines is 1. The van der Waals surface area contributed by atoms with Crippen LogP contribution in [0.15, 0.2) is 60.7 Å². The van der Waals surface area contributed by atoms with Crippen molar-refractivity contribution in [1.29, 1.82) is 0 Å².